The Morgan fingerprint density at radius 2 is 1.62 bits per heavy atom. The normalized spacial score (nSPS) is 20.0. The second kappa shape index (κ2) is 11.5. The monoisotopic (exact) mass is 486 g/mol. The van der Waals surface area contributed by atoms with Gasteiger partial charge < -0.3 is 31.5 Å². The molecule has 3 atom stereocenters. The number of hydrogen-bond acceptors (Lipinski definition) is 5. The second-order valence-corrected chi connectivity index (χ2v) is 7.98. The number of carboxylic acid groups (broad SMARTS) is 2. The molecule has 2 saturated heterocycles. The van der Waals surface area contributed by atoms with E-state index < -0.39 is 41.5 Å². The van der Waals surface area contributed by atoms with E-state index in [0.717, 1.165) is 12.5 Å². The number of nitrogens with zero attached hydrogens (tertiary/aromatic N) is 2. The van der Waals surface area contributed by atoms with Crippen molar-refractivity contribution in [3.8, 4) is 0 Å². The van der Waals surface area contributed by atoms with Gasteiger partial charge in [0.1, 0.15) is 5.82 Å². The van der Waals surface area contributed by atoms with E-state index in [1.807, 2.05) is 0 Å². The second-order valence-electron chi connectivity index (χ2n) is 7.98. The smallest absolute Gasteiger partial charge is 0.328 e. The maximum atomic E-state index is 13.7. The molecule has 186 valence electrons. The Hall–Kier alpha value is -3.61. The lowest BCUT2D eigenvalue weighted by molar-refractivity contribution is -0.134. The topological polar surface area (TPSA) is 167 Å². The number of rotatable bonds is 6. The summed E-state index contributed by atoms with van der Waals surface area (Å²) in [5.74, 6) is -5.81. The molecule has 2 aliphatic rings. The number of amides is 3. The van der Waals surface area contributed by atoms with Gasteiger partial charge in [0, 0.05) is 56.2 Å². The average molecular weight is 486 g/mol. The number of aliphatic carboxylic acids is 2. The Labute approximate surface area is 192 Å². The summed E-state index contributed by atoms with van der Waals surface area (Å²) in [5, 5.41) is 15.6. The molecule has 0 spiro atoms. The molecule has 13 heteroatoms. The number of nitrogens with two attached hydrogens (primary N) is 2. The molecule has 2 aliphatic heterocycles. The quantitative estimate of drug-likeness (QED) is 0.339. The molecule has 0 unspecified atom stereocenters. The third-order valence-corrected chi connectivity index (χ3v) is 5.56. The zero-order chi connectivity index (χ0) is 25.6. The average Bonchev–Trinajstić information content (AvgIpc) is 3.32. The van der Waals surface area contributed by atoms with Crippen LogP contribution >= 0.6 is 0 Å². The minimum Gasteiger partial charge on any atom is -0.478 e. The molecule has 2 heterocycles. The fraction of sp³-hybridized carbons (Fsp3) is 0.429. The van der Waals surface area contributed by atoms with E-state index in [1.54, 1.807) is 4.90 Å². The van der Waals surface area contributed by atoms with Crippen molar-refractivity contribution < 1.29 is 42.6 Å². The molecular weight excluding hydrogens is 461 g/mol. The summed E-state index contributed by atoms with van der Waals surface area (Å²) < 4.78 is 40.0. The van der Waals surface area contributed by atoms with E-state index >= 15 is 0 Å². The van der Waals surface area contributed by atoms with Crippen molar-refractivity contribution in [1.29, 1.82) is 0 Å². The van der Waals surface area contributed by atoms with Gasteiger partial charge in [-0.05, 0) is 24.5 Å². The summed E-state index contributed by atoms with van der Waals surface area (Å²) in [4.78, 5) is 46.2. The molecule has 0 radical (unpaired) electrons. The van der Waals surface area contributed by atoms with Crippen LogP contribution in [0.5, 0.6) is 0 Å². The van der Waals surface area contributed by atoms with Crippen LogP contribution in [0.25, 0.3) is 0 Å². The Kier molecular flexibility index (Phi) is 9.01. The van der Waals surface area contributed by atoms with Gasteiger partial charge in [0.2, 0.25) is 5.91 Å². The first-order chi connectivity index (χ1) is 15.9. The van der Waals surface area contributed by atoms with E-state index in [0.29, 0.717) is 37.9 Å². The predicted molar refractivity (Wildman–Crippen MR) is 112 cm³/mol. The van der Waals surface area contributed by atoms with Crippen LogP contribution in [0.3, 0.4) is 0 Å². The first-order valence-corrected chi connectivity index (χ1v) is 10.3. The van der Waals surface area contributed by atoms with Gasteiger partial charge in [-0.15, -0.1) is 0 Å². The highest BCUT2D eigenvalue weighted by atomic mass is 19.2. The summed E-state index contributed by atoms with van der Waals surface area (Å²) in [6, 6.07) is -0.0711. The number of carbonyl (C=O) groups excluding carboxylic acids is 2. The summed E-state index contributed by atoms with van der Waals surface area (Å²) in [5.41, 5.74) is 11.2. The maximum absolute atomic E-state index is 13.7. The van der Waals surface area contributed by atoms with Gasteiger partial charge in [-0.25, -0.2) is 27.6 Å². The van der Waals surface area contributed by atoms with Crippen LogP contribution in [-0.4, -0.2) is 75.6 Å². The maximum Gasteiger partial charge on any atom is 0.328 e. The SMILES string of the molecule is NC(=O)N1C[C@@H]2CCN(C(=O)C[C@H](N)Cc3cc(F)c(F)cc3F)[C@@H]2C1.O=C(O)/C=C/C(=O)O. The number of urea groups is 1. The molecule has 1 aromatic rings. The molecule has 0 aliphatic carbocycles. The summed E-state index contributed by atoms with van der Waals surface area (Å²) in [6.07, 6.45) is 1.78. The molecule has 3 amide bonds. The number of primary amides is 1. The fourth-order valence-electron chi connectivity index (χ4n) is 4.01. The summed E-state index contributed by atoms with van der Waals surface area (Å²) >= 11 is 0. The number of hydrogen-bond donors (Lipinski definition) is 4. The van der Waals surface area contributed by atoms with Gasteiger partial charge in [-0.1, -0.05) is 0 Å². The molecule has 6 N–H and O–H groups in total. The van der Waals surface area contributed by atoms with Crippen LogP contribution in [0, 0.1) is 23.4 Å². The van der Waals surface area contributed by atoms with Crippen LogP contribution in [0.1, 0.15) is 18.4 Å². The van der Waals surface area contributed by atoms with E-state index in [9.17, 15) is 32.3 Å². The number of fused-ring (bicyclic) bond motifs is 1. The molecule has 0 aromatic heterocycles. The van der Waals surface area contributed by atoms with Crippen LogP contribution in [0.4, 0.5) is 18.0 Å². The minimum atomic E-state index is -1.26. The number of carboxylic acids is 2. The van der Waals surface area contributed by atoms with Crippen molar-refractivity contribution in [2.45, 2.75) is 31.3 Å². The van der Waals surface area contributed by atoms with E-state index in [-0.39, 0.29) is 36.3 Å². The molecule has 1 aromatic carbocycles. The zero-order valence-corrected chi connectivity index (χ0v) is 18.0. The first kappa shape index (κ1) is 26.6. The highest BCUT2D eigenvalue weighted by molar-refractivity contribution is 5.89. The Morgan fingerprint density at radius 3 is 2.18 bits per heavy atom. The van der Waals surface area contributed by atoms with Crippen molar-refractivity contribution in [3.05, 3.63) is 47.3 Å². The molecule has 0 bridgehead atoms. The molecule has 3 rings (SSSR count). The summed E-state index contributed by atoms with van der Waals surface area (Å²) in [7, 11) is 0. The third kappa shape index (κ3) is 7.20. The van der Waals surface area contributed by atoms with Gasteiger partial charge in [0.05, 0.1) is 6.04 Å². The Morgan fingerprint density at radius 1 is 1.03 bits per heavy atom. The highest BCUT2D eigenvalue weighted by Gasteiger charge is 2.44. The van der Waals surface area contributed by atoms with Gasteiger partial charge >= 0.3 is 18.0 Å². The van der Waals surface area contributed by atoms with E-state index in [2.05, 4.69) is 0 Å². The Bertz CT molecular complexity index is 974. The number of halogens is 3. The van der Waals surface area contributed by atoms with Crippen molar-refractivity contribution in [3.63, 3.8) is 0 Å². The third-order valence-electron chi connectivity index (χ3n) is 5.56. The fourth-order valence-corrected chi connectivity index (χ4v) is 4.01. The van der Waals surface area contributed by atoms with Gasteiger partial charge in [-0.3, -0.25) is 4.79 Å². The van der Waals surface area contributed by atoms with Crippen LogP contribution in [0.2, 0.25) is 0 Å². The van der Waals surface area contributed by atoms with E-state index in [4.69, 9.17) is 21.7 Å². The number of likely N-dealkylation sites (tertiary alicyclic amines) is 2. The van der Waals surface area contributed by atoms with Gasteiger partial charge in [0.25, 0.3) is 0 Å². The number of carbonyl (C=O) groups is 4. The van der Waals surface area contributed by atoms with Crippen molar-refractivity contribution in [2.24, 2.45) is 17.4 Å². The lowest BCUT2D eigenvalue weighted by Gasteiger charge is -2.26. The van der Waals surface area contributed by atoms with E-state index in [1.165, 1.54) is 4.90 Å². The van der Waals surface area contributed by atoms with Crippen molar-refractivity contribution in [2.75, 3.05) is 19.6 Å². The standard InChI is InChI=1S/C17H21F3N4O2.C4H4O4/c18-12-6-14(20)13(19)4-10(12)3-11(21)5-16(25)24-2-1-9-7-23(17(22)26)8-15(9)24;5-3(6)1-2-4(7)8/h4,6,9,11,15H,1-3,5,7-8,21H2,(H2,22,26);1-2H,(H,5,6)(H,7,8)/b;2-1+/t9-,11+,15+;/m0./s1. The van der Waals surface area contributed by atoms with Crippen LogP contribution in [-0.2, 0) is 20.8 Å². The summed E-state index contributed by atoms with van der Waals surface area (Å²) in [6.45, 7) is 1.52. The molecular formula is C21H25F3N4O6. The first-order valence-electron chi connectivity index (χ1n) is 10.3. The van der Waals surface area contributed by atoms with Gasteiger partial charge in [0.15, 0.2) is 11.6 Å². The highest BCUT2D eigenvalue weighted by Crippen LogP contribution is 2.32. The molecule has 2 fully saturated rings. The lowest BCUT2D eigenvalue weighted by Crippen LogP contribution is -2.43. The molecule has 0 saturated carbocycles. The van der Waals surface area contributed by atoms with Crippen LogP contribution in [0.15, 0.2) is 24.3 Å². The molecule has 10 nitrogen and oxygen atoms in total. The Balaban J connectivity index is 0.000000440. The zero-order valence-electron chi connectivity index (χ0n) is 18.0. The predicted octanol–water partition coefficient (Wildman–Crippen LogP) is 0.687. The van der Waals surface area contributed by atoms with Crippen molar-refractivity contribution in [1.82, 2.24) is 9.80 Å². The molecule has 34 heavy (non-hydrogen) atoms. The van der Waals surface area contributed by atoms with Gasteiger partial charge in [-0.2, -0.15) is 0 Å². The van der Waals surface area contributed by atoms with Crippen molar-refractivity contribution >= 4 is 23.9 Å². The lowest BCUT2D eigenvalue weighted by atomic mass is 10.0. The minimum absolute atomic E-state index is 0.0434. The van der Waals surface area contributed by atoms with Crippen LogP contribution < -0.4 is 11.5 Å². The number of benzene rings is 1. The largest absolute Gasteiger partial charge is 0.478 e.